The van der Waals surface area contributed by atoms with Crippen LogP contribution in [-0.4, -0.2) is 6.54 Å². The van der Waals surface area contributed by atoms with Crippen LogP contribution in [0.25, 0.3) is 0 Å². The van der Waals surface area contributed by atoms with Gasteiger partial charge in [-0.3, -0.25) is 0 Å². The molecule has 0 aromatic heterocycles. The van der Waals surface area contributed by atoms with Gasteiger partial charge in [-0.1, -0.05) is 54.6 Å². The maximum absolute atomic E-state index is 3.86. The number of rotatable bonds is 5. The third-order valence-corrected chi connectivity index (χ3v) is 7.83. The molecule has 1 nitrogen and oxygen atoms in total. The summed E-state index contributed by atoms with van der Waals surface area (Å²) < 4.78 is 0. The molecule has 0 heterocycles. The highest BCUT2D eigenvalue weighted by Crippen LogP contribution is 2.50. The summed E-state index contributed by atoms with van der Waals surface area (Å²) in [6.07, 6.45) is 0. The van der Waals surface area contributed by atoms with Crippen molar-refractivity contribution >= 4 is 23.3 Å². The fourth-order valence-electron chi connectivity index (χ4n) is 2.91. The lowest BCUT2D eigenvalue weighted by atomic mass is 10.4. The Labute approximate surface area is 149 Å². The van der Waals surface area contributed by atoms with Crippen LogP contribution < -0.4 is 38.0 Å². The van der Waals surface area contributed by atoms with Crippen molar-refractivity contribution in [2.45, 2.75) is 6.92 Å². The molecule has 0 aliphatic carbocycles. The Hall–Kier alpha value is -1.47. The van der Waals surface area contributed by atoms with E-state index < -0.39 is 7.41 Å². The summed E-state index contributed by atoms with van der Waals surface area (Å²) in [5.74, 6) is 0. The molecular formula is C20H21BrNP. The molecule has 0 spiro atoms. The SMILES string of the molecule is CCN[P+](c1ccccc1)(c1ccccc1)c1ccccc1.[Br-]. The van der Waals surface area contributed by atoms with Crippen molar-refractivity contribution in [1.82, 2.24) is 5.09 Å². The van der Waals surface area contributed by atoms with Crippen molar-refractivity contribution in [1.29, 1.82) is 0 Å². The van der Waals surface area contributed by atoms with Gasteiger partial charge in [-0.05, 0) is 43.3 Å². The first kappa shape index (κ1) is 17.9. The minimum atomic E-state index is -1.80. The Kier molecular flexibility index (Phi) is 6.53. The molecule has 1 N–H and O–H groups in total. The monoisotopic (exact) mass is 385 g/mol. The molecule has 0 amide bonds. The van der Waals surface area contributed by atoms with Gasteiger partial charge in [0, 0.05) is 6.54 Å². The average molecular weight is 386 g/mol. The summed E-state index contributed by atoms with van der Waals surface area (Å²) in [6, 6.07) is 32.5. The lowest BCUT2D eigenvalue weighted by Crippen LogP contribution is -3.00. The Balaban J connectivity index is 0.00000192. The zero-order chi connectivity index (χ0) is 15.3. The standard InChI is InChI=1S/C20H21NP.BrH/c1-2-21-22(18-12-6-3-7-13-18,19-14-8-4-9-15-19)20-16-10-5-11-17-20;/h3-17,21H,2H2,1H3;1H/q+1;/p-1. The molecule has 3 aromatic carbocycles. The van der Waals surface area contributed by atoms with Gasteiger partial charge in [0.05, 0.1) is 0 Å². The first-order chi connectivity index (χ1) is 10.9. The number of hydrogen-bond donors (Lipinski definition) is 1. The van der Waals surface area contributed by atoms with E-state index in [0.717, 1.165) is 6.54 Å². The average Bonchev–Trinajstić information content (AvgIpc) is 2.62. The summed E-state index contributed by atoms with van der Waals surface area (Å²) in [4.78, 5) is 0. The number of halogens is 1. The quantitative estimate of drug-likeness (QED) is 0.631. The van der Waals surface area contributed by atoms with E-state index in [1.165, 1.54) is 15.9 Å². The van der Waals surface area contributed by atoms with E-state index in [-0.39, 0.29) is 17.0 Å². The molecule has 3 rings (SSSR count). The van der Waals surface area contributed by atoms with Gasteiger partial charge < -0.3 is 17.0 Å². The molecule has 0 aliphatic rings. The van der Waals surface area contributed by atoms with E-state index >= 15 is 0 Å². The second-order valence-electron chi connectivity index (χ2n) is 5.19. The van der Waals surface area contributed by atoms with Crippen LogP contribution in [0.3, 0.4) is 0 Å². The van der Waals surface area contributed by atoms with Crippen molar-refractivity contribution in [3.05, 3.63) is 91.0 Å². The highest BCUT2D eigenvalue weighted by Gasteiger charge is 2.44. The van der Waals surface area contributed by atoms with Crippen LogP contribution in [0.1, 0.15) is 6.92 Å². The van der Waals surface area contributed by atoms with Gasteiger partial charge in [0.25, 0.3) is 0 Å². The molecule has 118 valence electrons. The van der Waals surface area contributed by atoms with Gasteiger partial charge in [-0.25, -0.2) is 0 Å². The van der Waals surface area contributed by atoms with Crippen LogP contribution in [0.15, 0.2) is 91.0 Å². The predicted molar refractivity (Wildman–Crippen MR) is 98.8 cm³/mol. The molecule has 0 saturated carbocycles. The highest BCUT2D eigenvalue weighted by molar-refractivity contribution is 7.94. The van der Waals surface area contributed by atoms with Crippen LogP contribution in [-0.2, 0) is 0 Å². The first-order valence-electron chi connectivity index (χ1n) is 7.69. The molecule has 3 aromatic rings. The molecule has 0 radical (unpaired) electrons. The van der Waals surface area contributed by atoms with E-state index in [1.54, 1.807) is 0 Å². The second kappa shape index (κ2) is 8.40. The largest absolute Gasteiger partial charge is 1.00 e. The van der Waals surface area contributed by atoms with Gasteiger partial charge in [-0.15, -0.1) is 0 Å². The van der Waals surface area contributed by atoms with E-state index in [4.69, 9.17) is 0 Å². The number of hydrogen-bond acceptors (Lipinski definition) is 1. The van der Waals surface area contributed by atoms with Crippen LogP contribution in [0.2, 0.25) is 0 Å². The summed E-state index contributed by atoms with van der Waals surface area (Å²) in [5, 5.41) is 7.97. The minimum absolute atomic E-state index is 0. The van der Waals surface area contributed by atoms with Gasteiger partial charge in [-0.2, -0.15) is 5.09 Å². The fourth-order valence-corrected chi connectivity index (χ4v) is 6.69. The van der Waals surface area contributed by atoms with Crippen LogP contribution in [0.4, 0.5) is 0 Å². The van der Waals surface area contributed by atoms with E-state index in [9.17, 15) is 0 Å². The minimum Gasteiger partial charge on any atom is -1.00 e. The highest BCUT2D eigenvalue weighted by atomic mass is 79.9. The fraction of sp³-hybridized carbons (Fsp3) is 0.100. The molecule has 0 unspecified atom stereocenters. The van der Waals surface area contributed by atoms with Crippen molar-refractivity contribution in [3.8, 4) is 0 Å². The zero-order valence-corrected chi connectivity index (χ0v) is 15.7. The smallest absolute Gasteiger partial charge is 0.178 e. The van der Waals surface area contributed by atoms with Gasteiger partial charge in [0.2, 0.25) is 0 Å². The topological polar surface area (TPSA) is 12.0 Å². The summed E-state index contributed by atoms with van der Waals surface area (Å²) in [6.45, 7) is 3.12. The number of nitrogens with one attached hydrogen (secondary N) is 1. The molecule has 0 bridgehead atoms. The third kappa shape index (κ3) is 3.55. The lowest BCUT2D eigenvalue weighted by Gasteiger charge is -2.27. The van der Waals surface area contributed by atoms with Crippen molar-refractivity contribution in [2.24, 2.45) is 0 Å². The number of benzene rings is 3. The van der Waals surface area contributed by atoms with Crippen LogP contribution in [0.5, 0.6) is 0 Å². The normalized spacial score (nSPS) is 10.8. The van der Waals surface area contributed by atoms with Gasteiger partial charge in [0.15, 0.2) is 7.41 Å². The Bertz CT molecular complexity index is 605. The van der Waals surface area contributed by atoms with Crippen LogP contribution in [0, 0.1) is 0 Å². The van der Waals surface area contributed by atoms with Crippen LogP contribution >= 0.6 is 7.41 Å². The second-order valence-corrected chi connectivity index (χ2v) is 8.40. The predicted octanol–water partition coefficient (Wildman–Crippen LogP) is 0.509. The summed E-state index contributed by atoms with van der Waals surface area (Å²) in [5.41, 5.74) is 0. The molecule has 0 aliphatic heterocycles. The van der Waals surface area contributed by atoms with E-state index in [2.05, 4.69) is 103 Å². The Morgan fingerprint density at radius 2 is 0.913 bits per heavy atom. The van der Waals surface area contributed by atoms with E-state index in [0.29, 0.717) is 0 Å². The lowest BCUT2D eigenvalue weighted by molar-refractivity contribution is -0.00000440. The molecule has 0 fully saturated rings. The summed E-state index contributed by atoms with van der Waals surface area (Å²) in [7, 11) is -1.80. The molecular weight excluding hydrogens is 365 g/mol. The first-order valence-corrected chi connectivity index (χ1v) is 9.48. The van der Waals surface area contributed by atoms with Crippen molar-refractivity contribution in [2.75, 3.05) is 6.54 Å². The molecule has 23 heavy (non-hydrogen) atoms. The molecule has 3 heteroatoms. The molecule has 0 atom stereocenters. The zero-order valence-electron chi connectivity index (χ0n) is 13.2. The Morgan fingerprint density at radius 3 is 1.17 bits per heavy atom. The van der Waals surface area contributed by atoms with Crippen molar-refractivity contribution < 1.29 is 17.0 Å². The van der Waals surface area contributed by atoms with Gasteiger partial charge >= 0.3 is 0 Å². The maximum Gasteiger partial charge on any atom is 0.178 e. The Morgan fingerprint density at radius 1 is 0.609 bits per heavy atom. The van der Waals surface area contributed by atoms with Crippen molar-refractivity contribution in [3.63, 3.8) is 0 Å². The van der Waals surface area contributed by atoms with Gasteiger partial charge in [0.1, 0.15) is 15.9 Å². The maximum atomic E-state index is 3.86. The van der Waals surface area contributed by atoms with E-state index in [1.807, 2.05) is 0 Å². The molecule has 0 saturated heterocycles. The third-order valence-electron chi connectivity index (χ3n) is 3.83. The summed E-state index contributed by atoms with van der Waals surface area (Å²) >= 11 is 0.